The van der Waals surface area contributed by atoms with Crippen molar-refractivity contribution in [3.8, 4) is 0 Å². The van der Waals surface area contributed by atoms with Crippen molar-refractivity contribution in [3.05, 3.63) is 35.4 Å². The van der Waals surface area contributed by atoms with E-state index in [0.29, 0.717) is 12.3 Å². The average Bonchev–Trinajstić information content (AvgIpc) is 2.63. The molecule has 1 aromatic rings. The quantitative estimate of drug-likeness (QED) is 0.775. The van der Waals surface area contributed by atoms with Crippen molar-refractivity contribution >= 4 is 17.5 Å². The Balaban J connectivity index is 2.04. The lowest BCUT2D eigenvalue weighted by molar-refractivity contribution is -0.132. The Hall–Kier alpha value is -1.02. The van der Waals surface area contributed by atoms with Crippen LogP contribution in [0.3, 0.4) is 0 Å². The first-order valence-corrected chi connectivity index (χ1v) is 7.65. The molecule has 0 aromatic heterocycles. The fourth-order valence-electron chi connectivity index (χ4n) is 2.76. The molecular formula is C16H22ClNO. The molecular weight excluding hydrogens is 258 g/mol. The number of amides is 1. The second kappa shape index (κ2) is 6.95. The van der Waals surface area contributed by atoms with Crippen LogP contribution in [0.5, 0.6) is 0 Å². The summed E-state index contributed by atoms with van der Waals surface area (Å²) in [6.07, 6.45) is 5.04. The van der Waals surface area contributed by atoms with Crippen LogP contribution in [-0.4, -0.2) is 29.3 Å². The summed E-state index contributed by atoms with van der Waals surface area (Å²) in [5.41, 5.74) is 2.30. The highest BCUT2D eigenvalue weighted by atomic mass is 35.5. The Morgan fingerprint density at radius 2 is 2.21 bits per heavy atom. The second-order valence-corrected chi connectivity index (χ2v) is 5.72. The summed E-state index contributed by atoms with van der Waals surface area (Å²) < 4.78 is 0. The van der Waals surface area contributed by atoms with E-state index >= 15 is 0 Å². The number of alkyl halides is 1. The first-order chi connectivity index (χ1) is 9.20. The Labute approximate surface area is 120 Å². The first-order valence-electron chi connectivity index (χ1n) is 7.11. The number of hydrogen-bond donors (Lipinski definition) is 0. The van der Waals surface area contributed by atoms with E-state index in [2.05, 4.69) is 19.1 Å². The van der Waals surface area contributed by atoms with Crippen molar-refractivity contribution in [2.75, 3.05) is 12.4 Å². The predicted molar refractivity (Wildman–Crippen MR) is 79.6 cm³/mol. The average molecular weight is 280 g/mol. The SMILES string of the molecule is Cc1cccc(CC(=O)N2CCCCCC2CCl)c1. The van der Waals surface area contributed by atoms with E-state index in [0.717, 1.165) is 24.9 Å². The van der Waals surface area contributed by atoms with Crippen LogP contribution in [0, 0.1) is 6.92 Å². The molecule has 104 valence electrons. The van der Waals surface area contributed by atoms with Crippen LogP contribution < -0.4 is 0 Å². The standard InChI is InChI=1S/C16H22ClNO/c1-13-6-5-7-14(10-13)11-16(19)18-9-4-2-3-8-15(18)12-17/h5-7,10,15H,2-4,8-9,11-12H2,1H3. The molecule has 2 nitrogen and oxygen atoms in total. The topological polar surface area (TPSA) is 20.3 Å². The molecule has 19 heavy (non-hydrogen) atoms. The molecule has 0 bridgehead atoms. The van der Waals surface area contributed by atoms with Gasteiger partial charge in [-0.2, -0.15) is 0 Å². The number of carbonyl (C=O) groups excluding carboxylic acids is 1. The van der Waals surface area contributed by atoms with Crippen molar-refractivity contribution in [2.45, 2.75) is 45.1 Å². The summed E-state index contributed by atoms with van der Waals surface area (Å²) in [5.74, 6) is 0.776. The number of hydrogen-bond acceptors (Lipinski definition) is 1. The van der Waals surface area contributed by atoms with Crippen LogP contribution >= 0.6 is 11.6 Å². The van der Waals surface area contributed by atoms with Gasteiger partial charge in [0.15, 0.2) is 0 Å². The summed E-state index contributed by atoms with van der Waals surface area (Å²) in [4.78, 5) is 14.5. The molecule has 2 rings (SSSR count). The normalized spacial score (nSPS) is 20.1. The maximum atomic E-state index is 12.5. The van der Waals surface area contributed by atoms with Crippen molar-refractivity contribution in [3.63, 3.8) is 0 Å². The fraction of sp³-hybridized carbons (Fsp3) is 0.562. The molecule has 3 heteroatoms. The number of halogens is 1. The van der Waals surface area contributed by atoms with E-state index in [1.54, 1.807) is 0 Å². The minimum Gasteiger partial charge on any atom is -0.338 e. The second-order valence-electron chi connectivity index (χ2n) is 5.41. The highest BCUT2D eigenvalue weighted by Crippen LogP contribution is 2.19. The lowest BCUT2D eigenvalue weighted by Gasteiger charge is -2.28. The van der Waals surface area contributed by atoms with Gasteiger partial charge in [-0.1, -0.05) is 42.7 Å². The van der Waals surface area contributed by atoms with E-state index in [9.17, 15) is 4.79 Å². The molecule has 1 heterocycles. The van der Waals surface area contributed by atoms with Gasteiger partial charge in [0.25, 0.3) is 0 Å². The van der Waals surface area contributed by atoms with Crippen LogP contribution in [0.1, 0.15) is 36.8 Å². The molecule has 0 spiro atoms. The van der Waals surface area contributed by atoms with Crippen molar-refractivity contribution in [2.24, 2.45) is 0 Å². The number of aryl methyl sites for hydroxylation is 1. The molecule has 1 amide bonds. The van der Waals surface area contributed by atoms with Crippen LogP contribution in [0.2, 0.25) is 0 Å². The molecule has 1 fully saturated rings. The number of carbonyl (C=O) groups is 1. The molecule has 1 saturated heterocycles. The molecule has 1 unspecified atom stereocenters. The minimum absolute atomic E-state index is 0.221. The summed E-state index contributed by atoms with van der Waals surface area (Å²) in [5, 5.41) is 0. The number of likely N-dealkylation sites (tertiary alicyclic amines) is 1. The monoisotopic (exact) mass is 279 g/mol. The van der Waals surface area contributed by atoms with E-state index in [1.165, 1.54) is 18.4 Å². The molecule has 0 N–H and O–H groups in total. The molecule has 0 radical (unpaired) electrons. The van der Waals surface area contributed by atoms with E-state index in [4.69, 9.17) is 11.6 Å². The molecule has 1 atom stereocenters. The number of rotatable bonds is 3. The van der Waals surface area contributed by atoms with Gasteiger partial charge >= 0.3 is 0 Å². The smallest absolute Gasteiger partial charge is 0.227 e. The first kappa shape index (κ1) is 14.4. The molecule has 0 saturated carbocycles. The lowest BCUT2D eigenvalue weighted by atomic mass is 10.1. The van der Waals surface area contributed by atoms with E-state index in [1.807, 2.05) is 17.0 Å². The van der Waals surface area contributed by atoms with Crippen molar-refractivity contribution in [1.29, 1.82) is 0 Å². The van der Waals surface area contributed by atoms with Crippen LogP contribution in [-0.2, 0) is 11.2 Å². The zero-order chi connectivity index (χ0) is 13.7. The zero-order valence-electron chi connectivity index (χ0n) is 11.6. The van der Waals surface area contributed by atoms with Crippen LogP contribution in [0.4, 0.5) is 0 Å². The van der Waals surface area contributed by atoms with Crippen molar-refractivity contribution < 1.29 is 4.79 Å². The highest BCUT2D eigenvalue weighted by Gasteiger charge is 2.24. The van der Waals surface area contributed by atoms with Gasteiger partial charge in [0.2, 0.25) is 5.91 Å². The zero-order valence-corrected chi connectivity index (χ0v) is 12.3. The molecule has 1 aliphatic rings. The van der Waals surface area contributed by atoms with Gasteiger partial charge in [-0.25, -0.2) is 0 Å². The Morgan fingerprint density at radius 1 is 1.37 bits per heavy atom. The minimum atomic E-state index is 0.221. The van der Waals surface area contributed by atoms with Crippen LogP contribution in [0.25, 0.3) is 0 Å². The molecule has 1 aromatic carbocycles. The van der Waals surface area contributed by atoms with Gasteiger partial charge in [-0.3, -0.25) is 4.79 Å². The number of nitrogens with zero attached hydrogens (tertiary/aromatic N) is 1. The maximum absolute atomic E-state index is 12.5. The fourth-order valence-corrected chi connectivity index (χ4v) is 3.09. The summed E-state index contributed by atoms with van der Waals surface area (Å²) in [7, 11) is 0. The van der Waals surface area contributed by atoms with E-state index in [-0.39, 0.29) is 11.9 Å². The molecule has 0 aliphatic carbocycles. The Bertz CT molecular complexity index is 433. The van der Waals surface area contributed by atoms with Crippen LogP contribution in [0.15, 0.2) is 24.3 Å². The highest BCUT2D eigenvalue weighted by molar-refractivity contribution is 6.18. The van der Waals surface area contributed by atoms with Gasteiger partial charge in [0, 0.05) is 18.5 Å². The summed E-state index contributed by atoms with van der Waals surface area (Å²) >= 11 is 6.03. The van der Waals surface area contributed by atoms with Gasteiger partial charge in [-0.15, -0.1) is 11.6 Å². The Morgan fingerprint density at radius 3 is 2.95 bits per heavy atom. The van der Waals surface area contributed by atoms with Gasteiger partial charge in [0.1, 0.15) is 0 Å². The molecule has 1 aliphatic heterocycles. The lowest BCUT2D eigenvalue weighted by Crippen LogP contribution is -2.41. The van der Waals surface area contributed by atoms with Gasteiger partial charge < -0.3 is 4.90 Å². The third kappa shape index (κ3) is 3.97. The number of benzene rings is 1. The predicted octanol–water partition coefficient (Wildman–Crippen LogP) is 3.55. The summed E-state index contributed by atoms with van der Waals surface area (Å²) in [6.45, 7) is 2.92. The largest absolute Gasteiger partial charge is 0.338 e. The van der Waals surface area contributed by atoms with Gasteiger partial charge in [-0.05, 0) is 25.3 Å². The van der Waals surface area contributed by atoms with Crippen molar-refractivity contribution in [1.82, 2.24) is 4.90 Å². The Kier molecular flexibility index (Phi) is 5.26. The van der Waals surface area contributed by atoms with Gasteiger partial charge in [0.05, 0.1) is 6.42 Å². The summed E-state index contributed by atoms with van der Waals surface area (Å²) in [6, 6.07) is 8.41. The third-order valence-electron chi connectivity index (χ3n) is 3.81. The maximum Gasteiger partial charge on any atom is 0.227 e. The third-order valence-corrected chi connectivity index (χ3v) is 4.17. The van der Waals surface area contributed by atoms with E-state index < -0.39 is 0 Å².